The molecule has 2 aromatic heterocycles. The van der Waals surface area contributed by atoms with Crippen LogP contribution >= 0.6 is 0 Å². The molecule has 3 heterocycles. The number of anilines is 3. The van der Waals surface area contributed by atoms with E-state index in [0.29, 0.717) is 12.2 Å². The Kier molecular flexibility index (Phi) is 6.08. The largest absolute Gasteiger partial charge is 0.381 e. The highest BCUT2D eigenvalue weighted by Crippen LogP contribution is 2.29. The molecule has 34 heavy (non-hydrogen) atoms. The highest BCUT2D eigenvalue weighted by atomic mass is 32.2. The molecular formula is C24H27N7O2S. The van der Waals surface area contributed by atoms with Gasteiger partial charge in [-0.1, -0.05) is 12.1 Å². The summed E-state index contributed by atoms with van der Waals surface area (Å²) in [4.78, 5) is 6.96. The first-order valence-electron chi connectivity index (χ1n) is 11.2. The number of hydrogen-bond acceptors (Lipinski definition) is 7. The van der Waals surface area contributed by atoms with Crippen molar-refractivity contribution in [1.82, 2.24) is 20.5 Å². The number of pyridine rings is 1. The molecule has 0 spiro atoms. The van der Waals surface area contributed by atoms with Crippen LogP contribution in [0.1, 0.15) is 5.56 Å². The first kappa shape index (κ1) is 22.2. The van der Waals surface area contributed by atoms with Crippen LogP contribution in [-0.2, 0) is 16.6 Å². The Morgan fingerprint density at radius 1 is 1.03 bits per heavy atom. The summed E-state index contributed by atoms with van der Waals surface area (Å²) in [6, 6.07) is 17.5. The van der Waals surface area contributed by atoms with E-state index in [1.807, 2.05) is 36.5 Å². The van der Waals surface area contributed by atoms with Gasteiger partial charge in [0.15, 0.2) is 0 Å². The molecule has 9 nitrogen and oxygen atoms in total. The van der Waals surface area contributed by atoms with Crippen molar-refractivity contribution in [1.29, 1.82) is 0 Å². The zero-order chi connectivity index (χ0) is 23.5. The fourth-order valence-corrected chi connectivity index (χ4v) is 4.67. The van der Waals surface area contributed by atoms with Gasteiger partial charge >= 0.3 is 0 Å². The van der Waals surface area contributed by atoms with Crippen LogP contribution in [-0.4, -0.2) is 56.0 Å². The van der Waals surface area contributed by atoms with Crippen molar-refractivity contribution in [3.8, 4) is 11.3 Å². The molecule has 1 fully saturated rings. The van der Waals surface area contributed by atoms with Crippen molar-refractivity contribution < 1.29 is 8.42 Å². The molecule has 1 saturated heterocycles. The molecular weight excluding hydrogens is 450 g/mol. The Morgan fingerprint density at radius 3 is 2.65 bits per heavy atom. The molecule has 1 aliphatic rings. The Hall–Kier alpha value is -3.63. The number of nitrogens with zero attached hydrogens (tertiary/aromatic N) is 3. The number of hydrogen-bond donors (Lipinski definition) is 4. The predicted octanol–water partition coefficient (Wildman–Crippen LogP) is 3.02. The van der Waals surface area contributed by atoms with E-state index in [1.165, 1.54) is 0 Å². The van der Waals surface area contributed by atoms with Crippen molar-refractivity contribution in [2.45, 2.75) is 6.54 Å². The summed E-state index contributed by atoms with van der Waals surface area (Å²) in [5, 5.41) is 15.4. The van der Waals surface area contributed by atoms with Crippen LogP contribution in [0.2, 0.25) is 0 Å². The second-order valence-electron chi connectivity index (χ2n) is 8.40. The lowest BCUT2D eigenvalue weighted by atomic mass is 10.1. The van der Waals surface area contributed by atoms with Gasteiger partial charge in [-0.25, -0.2) is 13.4 Å². The second-order valence-corrected chi connectivity index (χ2v) is 10.2. The summed E-state index contributed by atoms with van der Waals surface area (Å²) in [5.41, 5.74) is 5.23. The minimum Gasteiger partial charge on any atom is -0.381 e. The average Bonchev–Trinajstić information content (AvgIpc) is 3.26. The quantitative estimate of drug-likeness (QED) is 0.323. The van der Waals surface area contributed by atoms with E-state index in [2.05, 4.69) is 53.6 Å². The summed E-state index contributed by atoms with van der Waals surface area (Å²) in [6.45, 7) is 4.42. The van der Waals surface area contributed by atoms with Crippen molar-refractivity contribution in [3.63, 3.8) is 0 Å². The monoisotopic (exact) mass is 477 g/mol. The van der Waals surface area contributed by atoms with Gasteiger partial charge in [0.2, 0.25) is 10.0 Å². The third-order valence-electron chi connectivity index (χ3n) is 5.75. The minimum atomic E-state index is -3.31. The standard InChI is InChI=1S/C24H27N7O2S/c1-34(32,33)30-20-4-2-3-17(13-20)15-26-19-6-7-22-21(14-19)24(29-28-22)18-5-8-23(27-16-18)31-11-9-25-10-12-31/h2-8,13-14,16,25-26,30H,9-12,15H2,1H3,(H,28,29). The van der Waals surface area contributed by atoms with Crippen molar-refractivity contribution >= 4 is 38.1 Å². The number of rotatable bonds is 7. The lowest BCUT2D eigenvalue weighted by molar-refractivity contribution is 0.585. The summed E-state index contributed by atoms with van der Waals surface area (Å²) >= 11 is 0. The normalized spacial score (nSPS) is 14.3. The molecule has 0 aliphatic carbocycles. The third kappa shape index (κ3) is 5.13. The van der Waals surface area contributed by atoms with Gasteiger partial charge in [0.25, 0.3) is 0 Å². The van der Waals surface area contributed by atoms with E-state index in [1.54, 1.807) is 6.07 Å². The van der Waals surface area contributed by atoms with Crippen LogP contribution in [0.4, 0.5) is 17.2 Å². The van der Waals surface area contributed by atoms with Crippen LogP contribution in [0.5, 0.6) is 0 Å². The molecule has 4 aromatic rings. The molecule has 0 saturated carbocycles. The highest BCUT2D eigenvalue weighted by Gasteiger charge is 2.14. The summed E-state index contributed by atoms with van der Waals surface area (Å²) in [7, 11) is -3.31. The van der Waals surface area contributed by atoms with Gasteiger partial charge in [-0.15, -0.1) is 0 Å². The number of benzene rings is 2. The molecule has 0 atom stereocenters. The maximum atomic E-state index is 11.5. The molecule has 0 bridgehead atoms. The Morgan fingerprint density at radius 2 is 1.88 bits per heavy atom. The Bertz CT molecular complexity index is 1390. The minimum absolute atomic E-state index is 0.547. The van der Waals surface area contributed by atoms with Crippen molar-refractivity contribution in [2.75, 3.05) is 47.4 Å². The molecule has 0 amide bonds. The van der Waals surface area contributed by atoms with Gasteiger partial charge in [0, 0.05) is 61.2 Å². The van der Waals surface area contributed by atoms with E-state index >= 15 is 0 Å². The first-order valence-corrected chi connectivity index (χ1v) is 13.0. The number of aromatic amines is 1. The van der Waals surface area contributed by atoms with E-state index in [4.69, 9.17) is 0 Å². The number of H-pyrrole nitrogens is 1. The van der Waals surface area contributed by atoms with E-state index in [-0.39, 0.29) is 0 Å². The molecule has 4 N–H and O–H groups in total. The number of piperazine rings is 1. The lowest BCUT2D eigenvalue weighted by Crippen LogP contribution is -2.43. The zero-order valence-electron chi connectivity index (χ0n) is 18.9. The van der Waals surface area contributed by atoms with Crippen LogP contribution in [0.15, 0.2) is 60.8 Å². The van der Waals surface area contributed by atoms with Gasteiger partial charge in [0.05, 0.1) is 11.8 Å². The lowest BCUT2D eigenvalue weighted by Gasteiger charge is -2.28. The van der Waals surface area contributed by atoms with Gasteiger partial charge in [-0.2, -0.15) is 5.10 Å². The number of sulfonamides is 1. The Balaban J connectivity index is 1.33. The average molecular weight is 478 g/mol. The third-order valence-corrected chi connectivity index (χ3v) is 6.36. The van der Waals surface area contributed by atoms with Gasteiger partial charge in [0.1, 0.15) is 11.5 Å². The van der Waals surface area contributed by atoms with Gasteiger partial charge in [-0.3, -0.25) is 9.82 Å². The molecule has 176 valence electrons. The molecule has 1 aliphatic heterocycles. The number of aromatic nitrogens is 3. The topological polar surface area (TPSA) is 115 Å². The fourth-order valence-electron chi connectivity index (χ4n) is 4.11. The number of nitrogens with one attached hydrogen (secondary N) is 4. The molecule has 0 radical (unpaired) electrons. The summed E-state index contributed by atoms with van der Waals surface area (Å²) in [6.07, 6.45) is 3.03. The molecule has 2 aromatic carbocycles. The van der Waals surface area contributed by atoms with Crippen LogP contribution in [0.25, 0.3) is 22.2 Å². The van der Waals surface area contributed by atoms with Crippen LogP contribution < -0.4 is 20.3 Å². The summed E-state index contributed by atoms with van der Waals surface area (Å²) < 4.78 is 25.5. The van der Waals surface area contributed by atoms with Crippen LogP contribution in [0.3, 0.4) is 0 Å². The second kappa shape index (κ2) is 9.32. The van der Waals surface area contributed by atoms with E-state index in [0.717, 1.165) is 71.7 Å². The van der Waals surface area contributed by atoms with Crippen molar-refractivity contribution in [3.05, 3.63) is 66.4 Å². The van der Waals surface area contributed by atoms with Gasteiger partial charge < -0.3 is 15.5 Å². The predicted molar refractivity (Wildman–Crippen MR) is 137 cm³/mol. The van der Waals surface area contributed by atoms with Crippen molar-refractivity contribution in [2.24, 2.45) is 0 Å². The van der Waals surface area contributed by atoms with Gasteiger partial charge in [-0.05, 0) is 48.0 Å². The first-order chi connectivity index (χ1) is 16.4. The zero-order valence-corrected chi connectivity index (χ0v) is 19.7. The van der Waals surface area contributed by atoms with Crippen LogP contribution in [0, 0.1) is 0 Å². The smallest absolute Gasteiger partial charge is 0.229 e. The fraction of sp³-hybridized carbons (Fsp3) is 0.250. The SMILES string of the molecule is CS(=O)(=O)Nc1cccc(CNc2ccc3[nH]nc(-c4ccc(N5CCNCC5)nc4)c3c2)c1. The Labute approximate surface area is 198 Å². The van der Waals surface area contributed by atoms with E-state index in [9.17, 15) is 8.42 Å². The maximum absolute atomic E-state index is 11.5. The molecule has 10 heteroatoms. The van der Waals surface area contributed by atoms with E-state index < -0.39 is 10.0 Å². The molecule has 0 unspecified atom stereocenters. The maximum Gasteiger partial charge on any atom is 0.229 e. The highest BCUT2D eigenvalue weighted by molar-refractivity contribution is 7.92. The number of fused-ring (bicyclic) bond motifs is 1. The summed E-state index contributed by atoms with van der Waals surface area (Å²) in [5.74, 6) is 0.986. The molecule has 5 rings (SSSR count).